The van der Waals surface area contributed by atoms with E-state index in [-0.39, 0.29) is 12.5 Å². The van der Waals surface area contributed by atoms with Crippen LogP contribution in [0.3, 0.4) is 0 Å². The van der Waals surface area contributed by atoms with Gasteiger partial charge >= 0.3 is 0 Å². The van der Waals surface area contributed by atoms with Crippen LogP contribution < -0.4 is 0 Å². The van der Waals surface area contributed by atoms with Crippen molar-refractivity contribution in [3.63, 3.8) is 0 Å². The van der Waals surface area contributed by atoms with E-state index in [1.165, 1.54) is 5.39 Å². The predicted octanol–water partition coefficient (Wildman–Crippen LogP) is 4.03. The van der Waals surface area contributed by atoms with Crippen molar-refractivity contribution in [2.75, 3.05) is 6.61 Å². The van der Waals surface area contributed by atoms with Crippen molar-refractivity contribution >= 4 is 10.8 Å². The topological polar surface area (TPSA) is 44.0 Å². The largest absolute Gasteiger partial charge is 0.396 e. The number of hydrogen-bond acceptors (Lipinski definition) is 2. The lowest BCUT2D eigenvalue weighted by Gasteiger charge is -2.31. The zero-order valence-electron chi connectivity index (χ0n) is 12.1. The number of nitrogens with zero attached hydrogens (tertiary/aromatic N) is 1. The molecule has 0 bridgehead atoms. The Hall–Kier alpha value is -1.85. The van der Waals surface area contributed by atoms with Crippen LogP contribution in [-0.2, 0) is 5.41 Å². The maximum atomic E-state index is 9.77. The van der Waals surface area contributed by atoms with E-state index in [0.29, 0.717) is 12.8 Å². The highest BCUT2D eigenvalue weighted by molar-refractivity contribution is 5.83. The number of rotatable bonds is 5. The van der Waals surface area contributed by atoms with Gasteiger partial charge in [0, 0.05) is 6.61 Å². The Morgan fingerprint density at radius 1 is 1.15 bits per heavy atom. The van der Waals surface area contributed by atoms with Gasteiger partial charge in [-0.05, 0) is 41.2 Å². The Bertz CT molecular complexity index is 627. The van der Waals surface area contributed by atoms with Crippen molar-refractivity contribution in [3.05, 3.63) is 48.0 Å². The van der Waals surface area contributed by atoms with Gasteiger partial charge in [0.1, 0.15) is 0 Å². The van der Waals surface area contributed by atoms with Gasteiger partial charge in [-0.15, -0.1) is 0 Å². The maximum absolute atomic E-state index is 9.77. The van der Waals surface area contributed by atoms with Gasteiger partial charge in [0.15, 0.2) is 0 Å². The van der Waals surface area contributed by atoms with Crippen LogP contribution in [0, 0.1) is 17.2 Å². The summed E-state index contributed by atoms with van der Waals surface area (Å²) in [5.41, 5.74) is 0.536. The summed E-state index contributed by atoms with van der Waals surface area (Å²) in [4.78, 5) is 0. The van der Waals surface area contributed by atoms with E-state index in [1.807, 2.05) is 12.1 Å². The number of hydrogen-bond donors (Lipinski definition) is 1. The van der Waals surface area contributed by atoms with E-state index in [2.05, 4.69) is 50.2 Å². The summed E-state index contributed by atoms with van der Waals surface area (Å²) in [6.07, 6.45) is 1.34. The summed E-state index contributed by atoms with van der Waals surface area (Å²) in [6, 6.07) is 17.0. The zero-order chi connectivity index (χ0) is 14.6. The molecule has 1 atom stereocenters. The Kier molecular flexibility index (Phi) is 4.42. The van der Waals surface area contributed by atoms with E-state index in [9.17, 15) is 5.26 Å². The molecule has 2 rings (SSSR count). The molecule has 0 aliphatic heterocycles. The normalized spacial score (nSPS) is 14.2. The van der Waals surface area contributed by atoms with Crippen LogP contribution in [0.2, 0.25) is 0 Å². The monoisotopic (exact) mass is 267 g/mol. The molecule has 0 amide bonds. The molecule has 2 aromatic rings. The van der Waals surface area contributed by atoms with Gasteiger partial charge in [-0.2, -0.15) is 5.26 Å². The van der Waals surface area contributed by atoms with E-state index in [0.717, 1.165) is 10.9 Å². The van der Waals surface area contributed by atoms with Gasteiger partial charge in [-0.25, -0.2) is 0 Å². The lowest BCUT2D eigenvalue weighted by molar-refractivity contribution is 0.257. The minimum Gasteiger partial charge on any atom is -0.396 e. The molecular formula is C18H21NO. The molecule has 0 heterocycles. The standard InChI is InChI=1S/C18H21NO/c1-14(2)18(13-19,10-5-11-20)17-9-8-15-6-3-4-7-16(15)12-17/h3-4,6-9,12,14,20H,5,10-11H2,1-2H3. The van der Waals surface area contributed by atoms with Gasteiger partial charge in [0.25, 0.3) is 0 Å². The first kappa shape index (κ1) is 14.6. The van der Waals surface area contributed by atoms with Gasteiger partial charge in [-0.1, -0.05) is 50.2 Å². The second-order valence-corrected chi connectivity index (χ2v) is 5.63. The van der Waals surface area contributed by atoms with Gasteiger partial charge in [-0.3, -0.25) is 0 Å². The Morgan fingerprint density at radius 3 is 2.45 bits per heavy atom. The van der Waals surface area contributed by atoms with Gasteiger partial charge in [0.2, 0.25) is 0 Å². The molecule has 1 unspecified atom stereocenters. The van der Waals surface area contributed by atoms with Crippen molar-refractivity contribution in [1.29, 1.82) is 5.26 Å². The zero-order valence-corrected chi connectivity index (χ0v) is 12.1. The van der Waals surface area contributed by atoms with E-state index < -0.39 is 5.41 Å². The van der Waals surface area contributed by atoms with E-state index in [4.69, 9.17) is 5.11 Å². The summed E-state index contributed by atoms with van der Waals surface area (Å²) in [6.45, 7) is 4.29. The van der Waals surface area contributed by atoms with Gasteiger partial charge in [0.05, 0.1) is 11.5 Å². The highest BCUT2D eigenvalue weighted by Crippen LogP contribution is 2.37. The number of aliphatic hydroxyl groups is 1. The van der Waals surface area contributed by atoms with Crippen LogP contribution in [0.15, 0.2) is 42.5 Å². The number of benzene rings is 2. The molecule has 0 saturated carbocycles. The van der Waals surface area contributed by atoms with Crippen LogP contribution in [0.1, 0.15) is 32.3 Å². The molecule has 2 heteroatoms. The second kappa shape index (κ2) is 6.07. The van der Waals surface area contributed by atoms with Crippen LogP contribution in [-0.4, -0.2) is 11.7 Å². The minimum absolute atomic E-state index is 0.129. The fourth-order valence-electron chi connectivity index (χ4n) is 2.84. The molecule has 1 N–H and O–H groups in total. The Morgan fingerprint density at radius 2 is 1.85 bits per heavy atom. The summed E-state index contributed by atoms with van der Waals surface area (Å²) in [7, 11) is 0. The predicted molar refractivity (Wildman–Crippen MR) is 82.4 cm³/mol. The first-order chi connectivity index (χ1) is 9.64. The molecule has 0 saturated heterocycles. The molecular weight excluding hydrogens is 246 g/mol. The minimum atomic E-state index is -0.521. The molecule has 2 aromatic carbocycles. The first-order valence-electron chi connectivity index (χ1n) is 7.15. The molecule has 0 radical (unpaired) electrons. The summed E-state index contributed by atoms with van der Waals surface area (Å²) in [5, 5.41) is 21.2. The molecule has 0 spiro atoms. The molecule has 0 aromatic heterocycles. The highest BCUT2D eigenvalue weighted by atomic mass is 16.2. The third-order valence-electron chi connectivity index (χ3n) is 4.18. The lowest BCUT2D eigenvalue weighted by Crippen LogP contribution is -2.31. The second-order valence-electron chi connectivity index (χ2n) is 5.63. The molecule has 0 aliphatic rings. The summed E-state index contributed by atoms with van der Waals surface area (Å²) in [5.74, 6) is 0.209. The molecule has 104 valence electrons. The number of aliphatic hydroxyl groups excluding tert-OH is 1. The fraction of sp³-hybridized carbons (Fsp3) is 0.389. The maximum Gasteiger partial charge on any atom is 0.0846 e. The van der Waals surface area contributed by atoms with Crippen LogP contribution in [0.5, 0.6) is 0 Å². The van der Waals surface area contributed by atoms with Crippen molar-refractivity contribution < 1.29 is 5.11 Å². The number of fused-ring (bicyclic) bond motifs is 1. The van der Waals surface area contributed by atoms with Crippen LogP contribution in [0.4, 0.5) is 0 Å². The summed E-state index contributed by atoms with van der Waals surface area (Å²) >= 11 is 0. The lowest BCUT2D eigenvalue weighted by atomic mass is 9.69. The molecule has 2 nitrogen and oxygen atoms in total. The SMILES string of the molecule is CC(C)C(C#N)(CCCO)c1ccc2ccccc2c1. The first-order valence-corrected chi connectivity index (χ1v) is 7.15. The Balaban J connectivity index is 2.53. The molecule has 0 fully saturated rings. The average Bonchev–Trinajstić information content (AvgIpc) is 2.48. The van der Waals surface area contributed by atoms with Crippen molar-refractivity contribution in [2.45, 2.75) is 32.1 Å². The van der Waals surface area contributed by atoms with Crippen molar-refractivity contribution in [3.8, 4) is 6.07 Å². The van der Waals surface area contributed by atoms with Crippen molar-refractivity contribution in [2.24, 2.45) is 5.92 Å². The fourth-order valence-corrected chi connectivity index (χ4v) is 2.84. The average molecular weight is 267 g/mol. The molecule has 20 heavy (non-hydrogen) atoms. The highest BCUT2D eigenvalue weighted by Gasteiger charge is 2.35. The third-order valence-corrected chi connectivity index (χ3v) is 4.18. The van der Waals surface area contributed by atoms with E-state index in [1.54, 1.807) is 0 Å². The van der Waals surface area contributed by atoms with Crippen LogP contribution >= 0.6 is 0 Å². The Labute approximate surface area is 120 Å². The summed E-state index contributed by atoms with van der Waals surface area (Å²) < 4.78 is 0. The smallest absolute Gasteiger partial charge is 0.0846 e. The van der Waals surface area contributed by atoms with E-state index >= 15 is 0 Å². The molecule has 0 aliphatic carbocycles. The van der Waals surface area contributed by atoms with Crippen molar-refractivity contribution in [1.82, 2.24) is 0 Å². The quantitative estimate of drug-likeness (QED) is 0.888. The number of nitriles is 1. The van der Waals surface area contributed by atoms with Crippen LogP contribution in [0.25, 0.3) is 10.8 Å². The van der Waals surface area contributed by atoms with Gasteiger partial charge < -0.3 is 5.11 Å². The third kappa shape index (κ3) is 2.55.